The van der Waals surface area contributed by atoms with Gasteiger partial charge in [-0.25, -0.2) is 9.48 Å². The number of benzene rings is 2. The van der Waals surface area contributed by atoms with Crippen molar-refractivity contribution in [3.63, 3.8) is 0 Å². The van der Waals surface area contributed by atoms with Crippen LogP contribution in [0.1, 0.15) is 56.2 Å². The quantitative estimate of drug-likeness (QED) is 0.179. The molecule has 5 rings (SSSR count). The van der Waals surface area contributed by atoms with Gasteiger partial charge in [0.05, 0.1) is 54.2 Å². The van der Waals surface area contributed by atoms with E-state index >= 15 is 0 Å². The number of hydrogen-bond acceptors (Lipinski definition) is 10. The summed E-state index contributed by atoms with van der Waals surface area (Å²) in [6.45, 7) is 5.37. The van der Waals surface area contributed by atoms with Crippen molar-refractivity contribution < 1.29 is 24.6 Å². The van der Waals surface area contributed by atoms with Gasteiger partial charge in [-0.15, -0.1) is 5.10 Å². The Bertz CT molecular complexity index is 1740. The van der Waals surface area contributed by atoms with E-state index in [1.54, 1.807) is 23.0 Å². The van der Waals surface area contributed by atoms with E-state index in [9.17, 15) is 29.9 Å². The molecule has 0 amide bonds. The summed E-state index contributed by atoms with van der Waals surface area (Å²) in [5.74, 6) is 0. The monoisotopic (exact) mass is 606 g/mol. The average Bonchev–Trinajstić information content (AvgIpc) is 3.60. The number of nitrogens with zero attached hydrogens (tertiary/aromatic N) is 5. The summed E-state index contributed by atoms with van der Waals surface area (Å²) in [7, 11) is 0. The molecule has 1 unspecified atom stereocenters. The first-order valence-corrected chi connectivity index (χ1v) is 14.1. The zero-order valence-electron chi connectivity index (χ0n) is 24.5. The molecule has 232 valence electrons. The number of aromatic amines is 1. The molecule has 3 heterocycles. The van der Waals surface area contributed by atoms with Crippen molar-refractivity contribution in [1.29, 1.82) is 0 Å². The smallest absolute Gasteiger partial charge is 0.330 e. The Morgan fingerprint density at radius 1 is 1.18 bits per heavy atom. The number of rotatable bonds is 10. The molecule has 4 atom stereocenters. The van der Waals surface area contributed by atoms with E-state index in [1.165, 1.54) is 12.3 Å². The highest BCUT2D eigenvalue weighted by Crippen LogP contribution is 2.42. The fourth-order valence-corrected chi connectivity index (χ4v) is 5.23. The number of nitrogens with one attached hydrogen (secondary N) is 1. The number of aliphatic hydroxyl groups excluding tert-OH is 2. The van der Waals surface area contributed by atoms with Crippen LogP contribution >= 0.6 is 0 Å². The van der Waals surface area contributed by atoms with Crippen LogP contribution in [0.2, 0.25) is 0 Å². The van der Waals surface area contributed by atoms with E-state index in [1.807, 2.05) is 51.1 Å². The second kappa shape index (κ2) is 12.6. The number of H-pyrrole nitrogens is 1. The Hall–Kier alpha value is -4.50. The Kier molecular flexibility index (Phi) is 8.87. The third-order valence-corrected chi connectivity index (χ3v) is 7.46. The summed E-state index contributed by atoms with van der Waals surface area (Å²) in [6, 6.07) is 14.5. The van der Waals surface area contributed by atoms with Crippen LogP contribution in [0.5, 0.6) is 0 Å². The first-order chi connectivity index (χ1) is 20.9. The molecule has 2 aromatic heterocycles. The standard InChI is InChI=1S/C30H34N6O8/c1-30(2,3)27(43-17-20-14-35(29(40)31-28(20)39)26-12-24(38)25(16-37)44-26)21-10-9-19(11-23(21)36(41)42)22-15-34(33-32-22)13-18-7-5-4-6-8-18/h4-11,14-15,24-27,37-38H,12-13,16-17H2,1-3H3,(H,31,39,40)/t24-,25-,26-,27?/m1/s1. The number of ether oxygens (including phenoxy) is 2. The van der Waals surface area contributed by atoms with Gasteiger partial charge >= 0.3 is 5.69 Å². The third-order valence-electron chi connectivity index (χ3n) is 7.46. The summed E-state index contributed by atoms with van der Waals surface area (Å²) < 4.78 is 14.5. The Balaban J connectivity index is 1.41. The fourth-order valence-electron chi connectivity index (χ4n) is 5.23. The molecular weight excluding hydrogens is 572 g/mol. The maximum absolute atomic E-state index is 12.7. The summed E-state index contributed by atoms with van der Waals surface area (Å²) >= 11 is 0. The number of aromatic nitrogens is 5. The summed E-state index contributed by atoms with van der Waals surface area (Å²) in [6.07, 6.45) is -0.515. The first kappa shape index (κ1) is 30.9. The molecule has 44 heavy (non-hydrogen) atoms. The van der Waals surface area contributed by atoms with E-state index in [0.717, 1.165) is 10.1 Å². The average molecular weight is 607 g/mol. The molecule has 1 saturated heterocycles. The van der Waals surface area contributed by atoms with Crippen LogP contribution in [0.3, 0.4) is 0 Å². The lowest BCUT2D eigenvalue weighted by Gasteiger charge is -2.31. The maximum Gasteiger partial charge on any atom is 0.330 e. The van der Waals surface area contributed by atoms with Crippen LogP contribution in [0.15, 0.2) is 70.5 Å². The number of hydrogen-bond donors (Lipinski definition) is 3. The van der Waals surface area contributed by atoms with Crippen molar-refractivity contribution in [3.05, 3.63) is 109 Å². The van der Waals surface area contributed by atoms with Crippen LogP contribution in [0, 0.1) is 15.5 Å². The van der Waals surface area contributed by atoms with E-state index < -0.39 is 52.7 Å². The Labute approximate surface area is 251 Å². The highest BCUT2D eigenvalue weighted by molar-refractivity contribution is 5.64. The maximum atomic E-state index is 12.7. The van der Waals surface area contributed by atoms with Gasteiger partial charge in [0.15, 0.2) is 0 Å². The van der Waals surface area contributed by atoms with Crippen molar-refractivity contribution in [2.24, 2.45) is 5.41 Å². The van der Waals surface area contributed by atoms with Gasteiger partial charge in [-0.3, -0.25) is 24.5 Å². The molecule has 4 aromatic rings. The molecule has 14 nitrogen and oxygen atoms in total. The van der Waals surface area contributed by atoms with Crippen LogP contribution in [0.25, 0.3) is 11.3 Å². The second-order valence-electron chi connectivity index (χ2n) is 11.8. The zero-order valence-corrected chi connectivity index (χ0v) is 24.5. The molecule has 0 bridgehead atoms. The van der Waals surface area contributed by atoms with E-state index in [-0.39, 0.29) is 24.3 Å². The van der Waals surface area contributed by atoms with Crippen molar-refractivity contribution >= 4 is 5.69 Å². The third kappa shape index (κ3) is 6.68. The Morgan fingerprint density at radius 3 is 2.59 bits per heavy atom. The van der Waals surface area contributed by atoms with Gasteiger partial charge in [0.1, 0.15) is 18.0 Å². The summed E-state index contributed by atoms with van der Waals surface area (Å²) in [5.41, 5.74) is 0.165. The van der Waals surface area contributed by atoms with Gasteiger partial charge in [-0.2, -0.15) is 0 Å². The van der Waals surface area contributed by atoms with Gasteiger partial charge in [0.2, 0.25) is 0 Å². The van der Waals surface area contributed by atoms with Crippen molar-refractivity contribution in [2.45, 2.75) is 64.9 Å². The predicted octanol–water partition coefficient (Wildman–Crippen LogP) is 2.70. The molecule has 1 aliphatic rings. The lowest BCUT2D eigenvalue weighted by Crippen LogP contribution is -2.35. The van der Waals surface area contributed by atoms with E-state index in [0.29, 0.717) is 23.4 Å². The van der Waals surface area contributed by atoms with Gasteiger partial charge in [-0.05, 0) is 17.0 Å². The largest absolute Gasteiger partial charge is 0.394 e. The molecule has 2 aromatic carbocycles. The summed E-state index contributed by atoms with van der Waals surface area (Å²) in [5, 5.41) is 40.1. The zero-order chi connectivity index (χ0) is 31.6. The molecule has 1 aliphatic heterocycles. The highest BCUT2D eigenvalue weighted by atomic mass is 16.6. The minimum atomic E-state index is -0.981. The molecular formula is C30H34N6O8. The van der Waals surface area contributed by atoms with Crippen molar-refractivity contribution in [3.8, 4) is 11.3 Å². The SMILES string of the molecule is CC(C)(C)C(OCc1cn([C@H]2C[C@@H](O)[C@@H](CO)O2)c(=O)[nH]c1=O)c1ccc(-c2cn(Cc3ccccc3)nn2)cc1[N+](=O)[O-]. The molecule has 0 aliphatic carbocycles. The predicted molar refractivity (Wildman–Crippen MR) is 158 cm³/mol. The highest BCUT2D eigenvalue weighted by Gasteiger charge is 2.36. The fraction of sp³-hybridized carbons (Fsp3) is 0.400. The molecule has 0 radical (unpaired) electrons. The lowest BCUT2D eigenvalue weighted by molar-refractivity contribution is -0.386. The molecule has 0 saturated carbocycles. The van der Waals surface area contributed by atoms with Crippen LogP contribution in [-0.2, 0) is 22.6 Å². The summed E-state index contributed by atoms with van der Waals surface area (Å²) in [4.78, 5) is 39.2. The van der Waals surface area contributed by atoms with Crippen LogP contribution in [0.4, 0.5) is 5.69 Å². The minimum Gasteiger partial charge on any atom is -0.394 e. The number of nitro groups is 1. The molecule has 14 heteroatoms. The topological polar surface area (TPSA) is 188 Å². The number of nitro benzene ring substituents is 1. The second-order valence-corrected chi connectivity index (χ2v) is 11.8. The van der Waals surface area contributed by atoms with Crippen molar-refractivity contribution in [2.75, 3.05) is 6.61 Å². The van der Waals surface area contributed by atoms with Gasteiger partial charge < -0.3 is 19.7 Å². The van der Waals surface area contributed by atoms with E-state index in [4.69, 9.17) is 9.47 Å². The van der Waals surface area contributed by atoms with Gasteiger partial charge in [-0.1, -0.05) is 62.4 Å². The molecule has 0 spiro atoms. The van der Waals surface area contributed by atoms with E-state index in [2.05, 4.69) is 15.3 Å². The van der Waals surface area contributed by atoms with Crippen molar-refractivity contribution in [1.82, 2.24) is 24.5 Å². The van der Waals surface area contributed by atoms with Crippen LogP contribution in [-0.4, -0.2) is 58.5 Å². The van der Waals surface area contributed by atoms with Crippen LogP contribution < -0.4 is 11.2 Å². The van der Waals surface area contributed by atoms with Gasteiger partial charge in [0, 0.05) is 24.2 Å². The molecule has 1 fully saturated rings. The normalized spacial score (nSPS) is 19.2. The minimum absolute atomic E-state index is 0.0423. The lowest BCUT2D eigenvalue weighted by atomic mass is 9.83. The molecule has 3 N–H and O–H groups in total. The number of aliphatic hydroxyl groups is 2. The Morgan fingerprint density at radius 2 is 1.93 bits per heavy atom. The first-order valence-electron chi connectivity index (χ1n) is 14.1. The van der Waals surface area contributed by atoms with Gasteiger partial charge in [0.25, 0.3) is 11.2 Å².